The van der Waals surface area contributed by atoms with E-state index in [9.17, 15) is 9.59 Å². The van der Waals surface area contributed by atoms with E-state index < -0.39 is 12.1 Å². The molecule has 0 bridgehead atoms. The number of hydrogen-bond acceptors (Lipinski definition) is 3. The maximum absolute atomic E-state index is 11.6. The summed E-state index contributed by atoms with van der Waals surface area (Å²) in [6.45, 7) is 4.04. The highest BCUT2D eigenvalue weighted by Gasteiger charge is 2.15. The van der Waals surface area contributed by atoms with E-state index in [1.165, 1.54) is 32.1 Å². The molecule has 4 heteroatoms. The van der Waals surface area contributed by atoms with Gasteiger partial charge in [0, 0.05) is 6.42 Å². The smallest absolute Gasteiger partial charge is 0.307 e. The summed E-state index contributed by atoms with van der Waals surface area (Å²) >= 11 is 0. The van der Waals surface area contributed by atoms with Crippen molar-refractivity contribution >= 4 is 11.9 Å². The molecule has 1 N–H and O–H groups in total. The first kappa shape index (κ1) is 21.7. The molecule has 0 aromatic carbocycles. The van der Waals surface area contributed by atoms with E-state index in [4.69, 9.17) is 9.84 Å². The van der Waals surface area contributed by atoms with Crippen LogP contribution in [0.25, 0.3) is 0 Å². The van der Waals surface area contributed by atoms with Crippen molar-refractivity contribution in [1.82, 2.24) is 0 Å². The summed E-state index contributed by atoms with van der Waals surface area (Å²) in [5, 5.41) is 8.71. The molecule has 0 radical (unpaired) electrons. The molecular weight excluding hydrogens is 292 g/mol. The Bertz CT molecular complexity index is 336. The van der Waals surface area contributed by atoms with Crippen LogP contribution in [0, 0.1) is 0 Å². The van der Waals surface area contributed by atoms with Gasteiger partial charge in [0.05, 0.1) is 6.42 Å². The number of aliphatic carboxylic acids is 1. The Morgan fingerprint density at radius 2 is 1.57 bits per heavy atom. The monoisotopic (exact) mass is 326 g/mol. The molecule has 1 atom stereocenters. The zero-order valence-electron chi connectivity index (χ0n) is 14.9. The minimum atomic E-state index is -0.923. The fourth-order valence-electron chi connectivity index (χ4n) is 2.33. The van der Waals surface area contributed by atoms with Gasteiger partial charge in [-0.1, -0.05) is 58.1 Å². The van der Waals surface area contributed by atoms with Crippen LogP contribution >= 0.6 is 0 Å². The van der Waals surface area contributed by atoms with Gasteiger partial charge < -0.3 is 9.84 Å². The van der Waals surface area contributed by atoms with Crippen LogP contribution < -0.4 is 0 Å². The molecule has 0 rings (SSSR count). The van der Waals surface area contributed by atoms with Crippen LogP contribution in [-0.4, -0.2) is 23.1 Å². The molecule has 0 saturated heterocycles. The molecule has 0 aromatic rings. The van der Waals surface area contributed by atoms with Crippen LogP contribution in [0.3, 0.4) is 0 Å². The number of hydrogen-bond donors (Lipinski definition) is 1. The van der Waals surface area contributed by atoms with Gasteiger partial charge in [0.2, 0.25) is 0 Å². The van der Waals surface area contributed by atoms with Gasteiger partial charge in [-0.3, -0.25) is 9.59 Å². The Balaban J connectivity index is 3.48. The lowest BCUT2D eigenvalue weighted by atomic mass is 10.1. The molecule has 0 aliphatic rings. The van der Waals surface area contributed by atoms with Crippen molar-refractivity contribution in [3.05, 3.63) is 12.2 Å². The minimum Gasteiger partial charge on any atom is -0.481 e. The van der Waals surface area contributed by atoms with Crippen LogP contribution in [0.1, 0.15) is 90.9 Å². The third kappa shape index (κ3) is 15.4. The summed E-state index contributed by atoms with van der Waals surface area (Å²) in [4.78, 5) is 22.2. The average molecular weight is 326 g/mol. The van der Waals surface area contributed by atoms with E-state index in [-0.39, 0.29) is 12.4 Å². The van der Waals surface area contributed by atoms with Crippen LogP contribution in [0.2, 0.25) is 0 Å². The van der Waals surface area contributed by atoms with Crippen molar-refractivity contribution in [1.29, 1.82) is 0 Å². The number of carbonyl (C=O) groups is 2. The standard InChI is InChI=1S/C19H34O4/c1-3-5-6-7-8-9-10-11-12-13-14-15-19(22)23-17(4-2)16-18(20)21/h7-8,17H,3-6,9-16H2,1-2H3,(H,20,21)/b8-7-. The summed E-state index contributed by atoms with van der Waals surface area (Å²) in [5.74, 6) is -1.19. The van der Waals surface area contributed by atoms with Crippen LogP contribution in [0.15, 0.2) is 12.2 Å². The minimum absolute atomic E-state index is 0.103. The number of rotatable bonds is 15. The van der Waals surface area contributed by atoms with Crippen LogP contribution in [0.5, 0.6) is 0 Å². The summed E-state index contributed by atoms with van der Waals surface area (Å²) in [7, 11) is 0. The fourth-order valence-corrected chi connectivity index (χ4v) is 2.33. The highest BCUT2D eigenvalue weighted by Crippen LogP contribution is 2.11. The second kappa shape index (κ2) is 15.6. The second-order valence-corrected chi connectivity index (χ2v) is 6.04. The molecule has 0 saturated carbocycles. The van der Waals surface area contributed by atoms with Crippen LogP contribution in [-0.2, 0) is 14.3 Å². The Morgan fingerprint density at radius 1 is 0.957 bits per heavy atom. The van der Waals surface area contributed by atoms with Gasteiger partial charge in [0.1, 0.15) is 6.10 Å². The molecule has 0 amide bonds. The number of esters is 1. The van der Waals surface area contributed by atoms with E-state index >= 15 is 0 Å². The van der Waals surface area contributed by atoms with Gasteiger partial charge in [0.15, 0.2) is 0 Å². The summed E-state index contributed by atoms with van der Waals surface area (Å²) in [5.41, 5.74) is 0. The summed E-state index contributed by atoms with van der Waals surface area (Å²) in [6.07, 6.45) is 15.2. The topological polar surface area (TPSA) is 63.6 Å². The number of ether oxygens (including phenoxy) is 1. The van der Waals surface area contributed by atoms with E-state index in [2.05, 4.69) is 19.1 Å². The maximum atomic E-state index is 11.6. The molecule has 1 unspecified atom stereocenters. The summed E-state index contributed by atoms with van der Waals surface area (Å²) in [6, 6.07) is 0. The van der Waals surface area contributed by atoms with E-state index in [0.717, 1.165) is 25.7 Å². The largest absolute Gasteiger partial charge is 0.481 e. The van der Waals surface area contributed by atoms with Gasteiger partial charge in [-0.05, 0) is 32.1 Å². The SMILES string of the molecule is CCCC/C=C\CCCCCCCC(=O)OC(CC)CC(=O)O. The molecule has 0 fully saturated rings. The Kier molecular flexibility index (Phi) is 14.7. The van der Waals surface area contributed by atoms with Gasteiger partial charge >= 0.3 is 11.9 Å². The molecule has 0 spiro atoms. The maximum Gasteiger partial charge on any atom is 0.307 e. The molecule has 0 aliphatic carbocycles. The molecular formula is C19H34O4. The molecule has 4 nitrogen and oxygen atoms in total. The molecule has 23 heavy (non-hydrogen) atoms. The van der Waals surface area contributed by atoms with Crippen molar-refractivity contribution in [3.8, 4) is 0 Å². The van der Waals surface area contributed by atoms with Gasteiger partial charge in [-0.2, -0.15) is 0 Å². The van der Waals surface area contributed by atoms with E-state index in [0.29, 0.717) is 12.8 Å². The van der Waals surface area contributed by atoms with Crippen molar-refractivity contribution in [2.45, 2.75) is 97.0 Å². The zero-order valence-corrected chi connectivity index (χ0v) is 14.9. The first-order valence-electron chi connectivity index (χ1n) is 9.16. The molecule has 0 heterocycles. The van der Waals surface area contributed by atoms with Gasteiger partial charge in [0.25, 0.3) is 0 Å². The Morgan fingerprint density at radius 3 is 2.17 bits per heavy atom. The predicted octanol–water partition coefficient (Wildman–Crippen LogP) is 5.26. The van der Waals surface area contributed by atoms with Gasteiger partial charge in [-0.25, -0.2) is 0 Å². The van der Waals surface area contributed by atoms with Crippen LogP contribution in [0.4, 0.5) is 0 Å². The highest BCUT2D eigenvalue weighted by atomic mass is 16.5. The van der Waals surface area contributed by atoms with E-state index in [1.54, 1.807) is 0 Å². The summed E-state index contributed by atoms with van der Waals surface area (Å²) < 4.78 is 5.17. The first-order chi connectivity index (χ1) is 11.1. The third-order valence-electron chi connectivity index (χ3n) is 3.80. The van der Waals surface area contributed by atoms with Crippen molar-refractivity contribution in [2.75, 3.05) is 0 Å². The first-order valence-corrected chi connectivity index (χ1v) is 9.16. The van der Waals surface area contributed by atoms with Crippen molar-refractivity contribution in [2.24, 2.45) is 0 Å². The van der Waals surface area contributed by atoms with Gasteiger partial charge in [-0.15, -0.1) is 0 Å². The van der Waals surface area contributed by atoms with E-state index in [1.807, 2.05) is 6.92 Å². The molecule has 134 valence electrons. The predicted molar refractivity (Wildman–Crippen MR) is 93.4 cm³/mol. The Labute approximate surface area is 141 Å². The molecule has 0 aromatic heterocycles. The zero-order chi connectivity index (χ0) is 17.3. The average Bonchev–Trinajstić information content (AvgIpc) is 2.51. The number of carboxylic acid groups (broad SMARTS) is 1. The lowest BCUT2D eigenvalue weighted by Crippen LogP contribution is -2.20. The normalized spacial score (nSPS) is 12.4. The number of carbonyl (C=O) groups excluding carboxylic acids is 1. The second-order valence-electron chi connectivity index (χ2n) is 6.04. The number of carboxylic acids is 1. The molecule has 0 aliphatic heterocycles. The third-order valence-corrected chi connectivity index (χ3v) is 3.80. The van der Waals surface area contributed by atoms with Crippen molar-refractivity contribution in [3.63, 3.8) is 0 Å². The highest BCUT2D eigenvalue weighted by molar-refractivity contribution is 5.71. The lowest BCUT2D eigenvalue weighted by Gasteiger charge is -2.13. The van der Waals surface area contributed by atoms with Crippen molar-refractivity contribution < 1.29 is 19.4 Å². The number of unbranched alkanes of at least 4 members (excludes halogenated alkanes) is 7. The fraction of sp³-hybridized carbons (Fsp3) is 0.789. The number of allylic oxidation sites excluding steroid dienone is 2. The quantitative estimate of drug-likeness (QED) is 0.253. The Hall–Kier alpha value is -1.32. The lowest BCUT2D eigenvalue weighted by molar-refractivity contribution is -0.153.